The summed E-state index contributed by atoms with van der Waals surface area (Å²) in [5, 5.41) is 13.5. The van der Waals surface area contributed by atoms with Crippen LogP contribution in [0.4, 0.5) is 11.4 Å². The zero-order chi connectivity index (χ0) is 16.4. The molecular formula is C18H19N5O. The summed E-state index contributed by atoms with van der Waals surface area (Å²) in [5.41, 5.74) is 4.01. The average Bonchev–Trinajstić information content (AvgIpc) is 3.11. The van der Waals surface area contributed by atoms with Gasteiger partial charge in [-0.2, -0.15) is 15.4 Å². The van der Waals surface area contributed by atoms with E-state index in [1.807, 2.05) is 12.1 Å². The molecule has 0 spiro atoms. The standard InChI is InChI=1S/C18H19N5O/c24-18(13-4-9-16-17(12-13)21-22-20-16)19-14-5-7-15(8-6-14)23-10-2-1-3-11-23/h4-9,12H,1-3,10-11H2,(H,19,24)(H,20,21,22). The second kappa shape index (κ2) is 6.31. The Morgan fingerprint density at radius 1 is 0.958 bits per heavy atom. The van der Waals surface area contributed by atoms with Gasteiger partial charge in [-0.3, -0.25) is 4.79 Å². The number of benzene rings is 2. The first-order valence-electron chi connectivity index (χ1n) is 8.26. The summed E-state index contributed by atoms with van der Waals surface area (Å²) in [4.78, 5) is 14.8. The summed E-state index contributed by atoms with van der Waals surface area (Å²) in [6.45, 7) is 2.23. The highest BCUT2D eigenvalue weighted by molar-refractivity contribution is 6.05. The third-order valence-electron chi connectivity index (χ3n) is 4.42. The van der Waals surface area contributed by atoms with Crippen LogP contribution in [0.25, 0.3) is 11.0 Å². The summed E-state index contributed by atoms with van der Waals surface area (Å²) < 4.78 is 0. The van der Waals surface area contributed by atoms with Crippen LogP contribution in [0.3, 0.4) is 0 Å². The van der Waals surface area contributed by atoms with E-state index < -0.39 is 0 Å². The van der Waals surface area contributed by atoms with Crippen LogP contribution < -0.4 is 10.2 Å². The van der Waals surface area contributed by atoms with E-state index in [-0.39, 0.29) is 5.91 Å². The van der Waals surface area contributed by atoms with Crippen LogP contribution in [0, 0.1) is 0 Å². The minimum absolute atomic E-state index is 0.148. The highest BCUT2D eigenvalue weighted by atomic mass is 16.1. The number of H-pyrrole nitrogens is 1. The van der Waals surface area contributed by atoms with Crippen molar-refractivity contribution in [2.24, 2.45) is 0 Å². The van der Waals surface area contributed by atoms with Crippen molar-refractivity contribution in [1.82, 2.24) is 15.4 Å². The van der Waals surface area contributed by atoms with Gasteiger partial charge in [0.1, 0.15) is 11.0 Å². The zero-order valence-corrected chi connectivity index (χ0v) is 13.3. The van der Waals surface area contributed by atoms with E-state index in [9.17, 15) is 4.79 Å². The number of carbonyl (C=O) groups is 1. The number of rotatable bonds is 3. The summed E-state index contributed by atoms with van der Waals surface area (Å²) in [6, 6.07) is 13.3. The first kappa shape index (κ1) is 14.7. The molecule has 1 aliphatic heterocycles. The van der Waals surface area contributed by atoms with Gasteiger partial charge in [-0.1, -0.05) is 0 Å². The first-order valence-corrected chi connectivity index (χ1v) is 8.26. The Morgan fingerprint density at radius 2 is 1.71 bits per heavy atom. The lowest BCUT2D eigenvalue weighted by Gasteiger charge is -2.28. The van der Waals surface area contributed by atoms with Crippen molar-refractivity contribution in [2.45, 2.75) is 19.3 Å². The van der Waals surface area contributed by atoms with Gasteiger partial charge in [0.2, 0.25) is 0 Å². The second-order valence-corrected chi connectivity index (χ2v) is 6.08. The molecule has 1 aliphatic rings. The number of fused-ring (bicyclic) bond motifs is 1. The molecule has 2 N–H and O–H groups in total. The zero-order valence-electron chi connectivity index (χ0n) is 13.3. The molecule has 3 aromatic rings. The second-order valence-electron chi connectivity index (χ2n) is 6.08. The monoisotopic (exact) mass is 321 g/mol. The van der Waals surface area contributed by atoms with Gasteiger partial charge in [0.15, 0.2) is 0 Å². The Labute approximate surface area is 139 Å². The average molecular weight is 321 g/mol. The van der Waals surface area contributed by atoms with E-state index in [2.05, 4.69) is 37.8 Å². The quantitative estimate of drug-likeness (QED) is 0.777. The van der Waals surface area contributed by atoms with E-state index in [1.54, 1.807) is 18.2 Å². The molecule has 122 valence electrons. The van der Waals surface area contributed by atoms with Crippen LogP contribution in [0.1, 0.15) is 29.6 Å². The van der Waals surface area contributed by atoms with Gasteiger partial charge < -0.3 is 10.2 Å². The normalized spacial score (nSPS) is 14.8. The van der Waals surface area contributed by atoms with E-state index in [1.165, 1.54) is 24.9 Å². The molecule has 1 aromatic heterocycles. The number of hydrogen-bond acceptors (Lipinski definition) is 4. The molecule has 0 aliphatic carbocycles. The van der Waals surface area contributed by atoms with Crippen LogP contribution in [0.5, 0.6) is 0 Å². The third kappa shape index (κ3) is 2.95. The lowest BCUT2D eigenvalue weighted by Crippen LogP contribution is -2.29. The molecule has 1 fully saturated rings. The Balaban J connectivity index is 1.46. The first-order chi connectivity index (χ1) is 11.8. The van der Waals surface area contributed by atoms with Gasteiger partial charge in [0.05, 0.1) is 0 Å². The van der Waals surface area contributed by atoms with Crippen LogP contribution in [-0.2, 0) is 0 Å². The number of nitrogens with zero attached hydrogens (tertiary/aromatic N) is 3. The van der Waals surface area contributed by atoms with Crippen molar-refractivity contribution < 1.29 is 4.79 Å². The Bertz CT molecular complexity index is 849. The highest BCUT2D eigenvalue weighted by Crippen LogP contribution is 2.22. The minimum Gasteiger partial charge on any atom is -0.372 e. The SMILES string of the molecule is O=C(Nc1ccc(N2CCCCC2)cc1)c1ccc2n[nH]nc2c1. The Morgan fingerprint density at radius 3 is 2.50 bits per heavy atom. The maximum absolute atomic E-state index is 12.4. The van der Waals surface area contributed by atoms with Crippen LogP contribution >= 0.6 is 0 Å². The molecule has 0 bridgehead atoms. The topological polar surface area (TPSA) is 73.9 Å². The fraction of sp³-hybridized carbons (Fsp3) is 0.278. The molecule has 2 heterocycles. The van der Waals surface area contributed by atoms with Crippen molar-refractivity contribution in [3.05, 3.63) is 48.0 Å². The van der Waals surface area contributed by atoms with Gasteiger partial charge in [0.25, 0.3) is 5.91 Å². The van der Waals surface area contributed by atoms with Crippen molar-refractivity contribution >= 4 is 28.3 Å². The molecule has 1 saturated heterocycles. The van der Waals surface area contributed by atoms with Gasteiger partial charge in [-0.05, 0) is 61.7 Å². The van der Waals surface area contributed by atoms with E-state index >= 15 is 0 Å². The largest absolute Gasteiger partial charge is 0.372 e. The number of amides is 1. The van der Waals surface area contributed by atoms with Gasteiger partial charge in [0, 0.05) is 30.0 Å². The number of nitrogens with one attached hydrogen (secondary N) is 2. The minimum atomic E-state index is -0.148. The molecule has 2 aromatic carbocycles. The Kier molecular flexibility index (Phi) is 3.86. The van der Waals surface area contributed by atoms with Crippen LogP contribution in [-0.4, -0.2) is 34.4 Å². The lowest BCUT2D eigenvalue weighted by atomic mass is 10.1. The number of hydrogen-bond donors (Lipinski definition) is 2. The van der Waals surface area contributed by atoms with Crippen molar-refractivity contribution in [3.63, 3.8) is 0 Å². The molecule has 0 atom stereocenters. The predicted octanol–water partition coefficient (Wildman–Crippen LogP) is 3.20. The molecule has 6 heteroatoms. The number of aromatic nitrogens is 3. The molecule has 24 heavy (non-hydrogen) atoms. The molecule has 6 nitrogen and oxygen atoms in total. The number of aromatic amines is 1. The van der Waals surface area contributed by atoms with E-state index in [4.69, 9.17) is 0 Å². The van der Waals surface area contributed by atoms with Gasteiger partial charge in [-0.25, -0.2) is 0 Å². The fourth-order valence-electron chi connectivity index (χ4n) is 3.09. The molecular weight excluding hydrogens is 302 g/mol. The highest BCUT2D eigenvalue weighted by Gasteiger charge is 2.12. The van der Waals surface area contributed by atoms with E-state index in [0.717, 1.165) is 24.3 Å². The van der Waals surface area contributed by atoms with Crippen LogP contribution in [0.2, 0.25) is 0 Å². The Hall–Kier alpha value is -2.89. The predicted molar refractivity (Wildman–Crippen MR) is 94.3 cm³/mol. The molecule has 0 radical (unpaired) electrons. The molecule has 4 rings (SSSR count). The number of anilines is 2. The maximum Gasteiger partial charge on any atom is 0.255 e. The summed E-state index contributed by atoms with van der Waals surface area (Å²) >= 11 is 0. The maximum atomic E-state index is 12.4. The summed E-state index contributed by atoms with van der Waals surface area (Å²) in [5.74, 6) is -0.148. The van der Waals surface area contributed by atoms with Crippen molar-refractivity contribution in [2.75, 3.05) is 23.3 Å². The smallest absolute Gasteiger partial charge is 0.255 e. The van der Waals surface area contributed by atoms with E-state index in [0.29, 0.717) is 11.1 Å². The van der Waals surface area contributed by atoms with Crippen molar-refractivity contribution in [1.29, 1.82) is 0 Å². The van der Waals surface area contributed by atoms with Gasteiger partial charge in [-0.15, -0.1) is 0 Å². The fourth-order valence-corrected chi connectivity index (χ4v) is 3.09. The third-order valence-corrected chi connectivity index (χ3v) is 4.42. The van der Waals surface area contributed by atoms with Crippen LogP contribution in [0.15, 0.2) is 42.5 Å². The van der Waals surface area contributed by atoms with Crippen molar-refractivity contribution in [3.8, 4) is 0 Å². The summed E-state index contributed by atoms with van der Waals surface area (Å²) in [6.07, 6.45) is 3.83. The molecule has 0 unspecified atom stereocenters. The van der Waals surface area contributed by atoms with Gasteiger partial charge >= 0.3 is 0 Å². The number of carbonyl (C=O) groups excluding carboxylic acids is 1. The molecule has 0 saturated carbocycles. The summed E-state index contributed by atoms with van der Waals surface area (Å²) in [7, 11) is 0. The number of piperidine rings is 1. The molecule has 1 amide bonds. The lowest BCUT2D eigenvalue weighted by molar-refractivity contribution is 0.102.